The first-order chi connectivity index (χ1) is 23.7. The van der Waals surface area contributed by atoms with Crippen LogP contribution in [-0.2, 0) is 0 Å². The molecule has 3 heteroatoms. The summed E-state index contributed by atoms with van der Waals surface area (Å²) in [6.07, 6.45) is 18.5. The summed E-state index contributed by atoms with van der Waals surface area (Å²) in [6.45, 7) is 0. The van der Waals surface area contributed by atoms with Crippen molar-refractivity contribution in [1.82, 2.24) is 15.0 Å². The molecule has 4 aromatic carbocycles. The van der Waals surface area contributed by atoms with E-state index in [0.717, 1.165) is 67.2 Å². The number of aromatic nitrogens is 3. The van der Waals surface area contributed by atoms with E-state index >= 15 is 0 Å². The second kappa shape index (κ2) is 14.8. The minimum absolute atomic E-state index is 0.966. The molecule has 0 saturated carbocycles. The largest absolute Gasteiger partial charge is 0.256 e. The van der Waals surface area contributed by atoms with Gasteiger partial charge in [-0.15, -0.1) is 0 Å². The Bertz CT molecular complexity index is 1900. The van der Waals surface area contributed by atoms with E-state index in [-0.39, 0.29) is 0 Å². The van der Waals surface area contributed by atoms with Gasteiger partial charge in [0.25, 0.3) is 0 Å². The summed E-state index contributed by atoms with van der Waals surface area (Å²) in [5.41, 5.74) is 12.9. The van der Waals surface area contributed by atoms with Crippen molar-refractivity contribution < 1.29 is 0 Å². The second-order valence-corrected chi connectivity index (χ2v) is 11.4. The van der Waals surface area contributed by atoms with Crippen molar-refractivity contribution in [3.8, 4) is 33.8 Å². The van der Waals surface area contributed by atoms with Crippen molar-refractivity contribution in [3.05, 3.63) is 198 Å². The summed E-state index contributed by atoms with van der Waals surface area (Å²) in [5.74, 6) is 0. The van der Waals surface area contributed by atoms with Crippen LogP contribution in [0.3, 0.4) is 0 Å². The first-order valence-electron chi connectivity index (χ1n) is 16.0. The summed E-state index contributed by atoms with van der Waals surface area (Å²) >= 11 is 0. The standard InChI is InChI=1S/C45H33N3/c1-2-8-40(9-3-1)45-27-22-36(33-48-45)14-17-39-31-37(15-12-34-18-23-41(24-19-34)43-10-4-6-28-46-43)30-38(32-39)16-13-35-20-25-42(26-21-35)44-11-5-7-29-47-44/h1-33H/b15-12-,16-13?,17-14-. The number of nitrogens with zero attached hydrogens (tertiary/aromatic N) is 3. The zero-order chi connectivity index (χ0) is 32.4. The molecular formula is C45H33N3. The molecule has 0 unspecified atom stereocenters. The monoisotopic (exact) mass is 615 g/mol. The Kier molecular flexibility index (Phi) is 9.29. The van der Waals surface area contributed by atoms with E-state index in [0.29, 0.717) is 0 Å². The number of hydrogen-bond acceptors (Lipinski definition) is 3. The Hall–Kier alpha value is -6.45. The molecule has 3 heterocycles. The maximum absolute atomic E-state index is 4.69. The molecule has 7 aromatic rings. The van der Waals surface area contributed by atoms with Crippen LogP contribution in [0.25, 0.3) is 70.2 Å². The molecule has 228 valence electrons. The van der Waals surface area contributed by atoms with Gasteiger partial charge in [-0.2, -0.15) is 0 Å². The fourth-order valence-electron chi connectivity index (χ4n) is 5.45. The molecule has 0 saturated heterocycles. The van der Waals surface area contributed by atoms with Crippen LogP contribution in [-0.4, -0.2) is 15.0 Å². The number of pyridine rings is 3. The van der Waals surface area contributed by atoms with Gasteiger partial charge in [-0.1, -0.05) is 134 Å². The second-order valence-electron chi connectivity index (χ2n) is 11.4. The van der Waals surface area contributed by atoms with Crippen molar-refractivity contribution in [2.45, 2.75) is 0 Å². The van der Waals surface area contributed by atoms with Gasteiger partial charge in [0.1, 0.15) is 0 Å². The molecule has 0 aliphatic heterocycles. The lowest BCUT2D eigenvalue weighted by atomic mass is 10.0. The van der Waals surface area contributed by atoms with Crippen LogP contribution in [0, 0.1) is 0 Å². The normalized spacial score (nSPS) is 11.5. The first-order valence-corrected chi connectivity index (χ1v) is 16.0. The van der Waals surface area contributed by atoms with Crippen LogP contribution in [0.1, 0.15) is 33.4 Å². The van der Waals surface area contributed by atoms with Crippen LogP contribution in [0.15, 0.2) is 164 Å². The van der Waals surface area contributed by atoms with E-state index in [1.54, 1.807) is 0 Å². The minimum atomic E-state index is 0.966. The summed E-state index contributed by atoms with van der Waals surface area (Å²) in [4.78, 5) is 13.6. The lowest BCUT2D eigenvalue weighted by molar-refractivity contribution is 1.31. The smallest absolute Gasteiger partial charge is 0.0702 e. The van der Waals surface area contributed by atoms with E-state index in [1.165, 1.54) is 0 Å². The lowest BCUT2D eigenvalue weighted by Gasteiger charge is -2.04. The maximum Gasteiger partial charge on any atom is 0.0702 e. The van der Waals surface area contributed by atoms with Crippen LogP contribution < -0.4 is 0 Å². The van der Waals surface area contributed by atoms with E-state index < -0.39 is 0 Å². The van der Waals surface area contributed by atoms with Crippen molar-refractivity contribution in [2.75, 3.05) is 0 Å². The molecule has 0 fully saturated rings. The van der Waals surface area contributed by atoms with E-state index in [1.807, 2.05) is 73.2 Å². The highest BCUT2D eigenvalue weighted by Crippen LogP contribution is 2.23. The third kappa shape index (κ3) is 7.85. The lowest BCUT2D eigenvalue weighted by Crippen LogP contribution is -1.85. The third-order valence-corrected chi connectivity index (χ3v) is 8.00. The number of hydrogen-bond donors (Lipinski definition) is 0. The summed E-state index contributed by atoms with van der Waals surface area (Å²) in [7, 11) is 0. The highest BCUT2D eigenvalue weighted by Gasteiger charge is 2.02. The fraction of sp³-hybridized carbons (Fsp3) is 0. The molecule has 3 nitrogen and oxygen atoms in total. The van der Waals surface area contributed by atoms with E-state index in [4.69, 9.17) is 4.98 Å². The molecule has 0 amide bonds. The Labute approximate surface area is 282 Å². The summed E-state index contributed by atoms with van der Waals surface area (Å²) in [6, 6.07) is 50.0. The molecule has 7 rings (SSSR count). The predicted molar refractivity (Wildman–Crippen MR) is 202 cm³/mol. The van der Waals surface area contributed by atoms with Gasteiger partial charge in [0, 0.05) is 35.3 Å². The number of rotatable bonds is 9. The van der Waals surface area contributed by atoms with Crippen LogP contribution in [0.5, 0.6) is 0 Å². The van der Waals surface area contributed by atoms with E-state index in [2.05, 4.69) is 137 Å². The molecule has 3 aromatic heterocycles. The maximum atomic E-state index is 4.69. The average molecular weight is 616 g/mol. The van der Waals surface area contributed by atoms with Crippen molar-refractivity contribution >= 4 is 36.5 Å². The van der Waals surface area contributed by atoms with Crippen LogP contribution >= 0.6 is 0 Å². The van der Waals surface area contributed by atoms with Crippen molar-refractivity contribution in [3.63, 3.8) is 0 Å². The topological polar surface area (TPSA) is 38.7 Å². The Morgan fingerprint density at radius 1 is 0.292 bits per heavy atom. The molecule has 0 N–H and O–H groups in total. The van der Waals surface area contributed by atoms with Crippen LogP contribution in [0.4, 0.5) is 0 Å². The van der Waals surface area contributed by atoms with Gasteiger partial charge in [-0.25, -0.2) is 0 Å². The summed E-state index contributed by atoms with van der Waals surface area (Å²) < 4.78 is 0. The van der Waals surface area contributed by atoms with Gasteiger partial charge < -0.3 is 0 Å². The van der Waals surface area contributed by atoms with E-state index in [9.17, 15) is 0 Å². The molecule has 0 aliphatic rings. The molecular weight excluding hydrogens is 583 g/mol. The quantitative estimate of drug-likeness (QED) is 0.152. The van der Waals surface area contributed by atoms with Crippen molar-refractivity contribution in [2.24, 2.45) is 0 Å². The van der Waals surface area contributed by atoms with Gasteiger partial charge in [0.15, 0.2) is 0 Å². The van der Waals surface area contributed by atoms with Gasteiger partial charge >= 0.3 is 0 Å². The van der Waals surface area contributed by atoms with Gasteiger partial charge in [0.2, 0.25) is 0 Å². The van der Waals surface area contributed by atoms with Crippen molar-refractivity contribution in [1.29, 1.82) is 0 Å². The van der Waals surface area contributed by atoms with Gasteiger partial charge in [0.05, 0.1) is 17.1 Å². The van der Waals surface area contributed by atoms with Crippen LogP contribution in [0.2, 0.25) is 0 Å². The average Bonchev–Trinajstić information content (AvgIpc) is 3.17. The fourth-order valence-corrected chi connectivity index (χ4v) is 5.45. The molecule has 48 heavy (non-hydrogen) atoms. The zero-order valence-electron chi connectivity index (χ0n) is 26.4. The third-order valence-electron chi connectivity index (χ3n) is 8.00. The predicted octanol–water partition coefficient (Wildman–Crippen LogP) is 11.4. The number of benzene rings is 4. The Morgan fingerprint density at radius 2 is 0.688 bits per heavy atom. The zero-order valence-corrected chi connectivity index (χ0v) is 26.4. The first kappa shape index (κ1) is 30.2. The van der Waals surface area contributed by atoms with Gasteiger partial charge in [-0.3, -0.25) is 15.0 Å². The molecule has 0 radical (unpaired) electrons. The van der Waals surface area contributed by atoms with Gasteiger partial charge in [-0.05, 0) is 81.9 Å². The molecule has 0 aliphatic carbocycles. The minimum Gasteiger partial charge on any atom is -0.256 e. The molecule has 0 spiro atoms. The highest BCUT2D eigenvalue weighted by molar-refractivity contribution is 5.79. The SMILES string of the molecule is C(=Cc1cc(/C=C\c2ccc(-c3ccccn3)cc2)cc(/C=C\c2ccc(-c3ccccc3)nc2)c1)c1ccc(-c2ccccn2)cc1. The summed E-state index contributed by atoms with van der Waals surface area (Å²) in [5, 5.41) is 0. The molecule has 0 bridgehead atoms. The Balaban J connectivity index is 1.14. The molecule has 0 atom stereocenters. The highest BCUT2D eigenvalue weighted by atomic mass is 14.7. The Morgan fingerprint density at radius 3 is 1.12 bits per heavy atom.